The molecule has 0 aromatic rings. The van der Waals surface area contributed by atoms with Gasteiger partial charge in [0.2, 0.25) is 15.9 Å². The molecule has 0 saturated carbocycles. The van der Waals surface area contributed by atoms with Crippen molar-refractivity contribution in [1.82, 2.24) is 10.6 Å². The normalized spacial score (nSPS) is 21.1. The summed E-state index contributed by atoms with van der Waals surface area (Å²) in [5.74, 6) is 1.90. The van der Waals surface area contributed by atoms with E-state index in [0.29, 0.717) is 19.4 Å². The topological polar surface area (TPSA) is 101 Å². The molecule has 100 valence electrons. The highest BCUT2D eigenvalue weighted by Gasteiger charge is 2.16. The minimum Gasteiger partial charge on any atom is -0.356 e. The number of nitrogens with two attached hydrogens (primary N) is 1. The van der Waals surface area contributed by atoms with Crippen molar-refractivity contribution in [3.8, 4) is 0 Å². The van der Waals surface area contributed by atoms with Crippen LogP contribution < -0.4 is 15.8 Å². The zero-order chi connectivity index (χ0) is 12.7. The minimum atomic E-state index is -3.42. The number of hydrogen-bond donors (Lipinski definition) is 3. The van der Waals surface area contributed by atoms with Crippen molar-refractivity contribution in [1.29, 1.82) is 0 Å². The summed E-state index contributed by atoms with van der Waals surface area (Å²) in [6.07, 6.45) is 0.805. The van der Waals surface area contributed by atoms with Crippen LogP contribution in [0.5, 0.6) is 0 Å². The van der Waals surface area contributed by atoms with E-state index in [1.54, 1.807) is 0 Å². The lowest BCUT2D eigenvalue weighted by atomic mass is 10.2. The average molecular weight is 281 g/mol. The summed E-state index contributed by atoms with van der Waals surface area (Å²) in [5, 5.41) is 10.8. The van der Waals surface area contributed by atoms with Crippen molar-refractivity contribution in [2.45, 2.75) is 18.9 Å². The molecule has 1 aliphatic rings. The molecule has 6 nitrogen and oxygen atoms in total. The van der Waals surface area contributed by atoms with Crippen molar-refractivity contribution in [2.24, 2.45) is 5.14 Å². The Kier molecular flexibility index (Phi) is 6.24. The van der Waals surface area contributed by atoms with E-state index in [-0.39, 0.29) is 17.7 Å². The Balaban J connectivity index is 2.08. The predicted molar refractivity (Wildman–Crippen MR) is 69.3 cm³/mol. The summed E-state index contributed by atoms with van der Waals surface area (Å²) in [4.78, 5) is 11.5. The first-order chi connectivity index (χ1) is 7.97. The summed E-state index contributed by atoms with van der Waals surface area (Å²) in [6.45, 7) is 1.29. The van der Waals surface area contributed by atoms with Crippen molar-refractivity contribution < 1.29 is 13.2 Å². The SMILES string of the molecule is NS(=O)(=O)CCCNC(=O)CC1CSCCN1. The van der Waals surface area contributed by atoms with Gasteiger partial charge in [-0.3, -0.25) is 4.79 Å². The Morgan fingerprint density at radius 1 is 1.53 bits per heavy atom. The molecule has 1 heterocycles. The molecule has 0 aromatic carbocycles. The maximum Gasteiger partial charge on any atom is 0.221 e. The number of primary sulfonamides is 1. The van der Waals surface area contributed by atoms with Gasteiger partial charge < -0.3 is 10.6 Å². The lowest BCUT2D eigenvalue weighted by Gasteiger charge is -2.22. The molecule has 0 radical (unpaired) electrons. The number of thioether (sulfide) groups is 1. The molecule has 0 bridgehead atoms. The zero-order valence-corrected chi connectivity index (χ0v) is 11.3. The van der Waals surface area contributed by atoms with Gasteiger partial charge in [0.15, 0.2) is 0 Å². The Labute approximate surface area is 106 Å². The van der Waals surface area contributed by atoms with Crippen LogP contribution in [-0.2, 0) is 14.8 Å². The molecule has 0 aliphatic carbocycles. The van der Waals surface area contributed by atoms with Gasteiger partial charge in [-0.2, -0.15) is 11.8 Å². The van der Waals surface area contributed by atoms with Gasteiger partial charge in [-0.05, 0) is 6.42 Å². The molecule has 1 amide bonds. The van der Waals surface area contributed by atoms with Crippen LogP contribution in [-0.4, -0.2) is 50.7 Å². The molecule has 1 fully saturated rings. The summed E-state index contributed by atoms with van der Waals surface area (Å²) >= 11 is 1.84. The Morgan fingerprint density at radius 3 is 2.88 bits per heavy atom. The molecule has 1 rings (SSSR count). The summed E-state index contributed by atoms with van der Waals surface area (Å²) in [6, 6.07) is 0.229. The lowest BCUT2D eigenvalue weighted by Crippen LogP contribution is -2.41. The van der Waals surface area contributed by atoms with E-state index >= 15 is 0 Å². The highest BCUT2D eigenvalue weighted by Crippen LogP contribution is 2.09. The van der Waals surface area contributed by atoms with Crippen LogP contribution in [0.4, 0.5) is 0 Å². The van der Waals surface area contributed by atoms with Crippen LogP contribution in [0, 0.1) is 0 Å². The fraction of sp³-hybridized carbons (Fsp3) is 0.889. The molecular formula is C9H19N3O3S2. The van der Waals surface area contributed by atoms with E-state index < -0.39 is 10.0 Å². The van der Waals surface area contributed by atoms with Crippen molar-refractivity contribution in [3.63, 3.8) is 0 Å². The van der Waals surface area contributed by atoms with Crippen molar-refractivity contribution in [2.75, 3.05) is 30.3 Å². The fourth-order valence-corrected chi connectivity index (χ4v) is 3.04. The lowest BCUT2D eigenvalue weighted by molar-refractivity contribution is -0.121. The molecule has 1 saturated heterocycles. The average Bonchev–Trinajstić information content (AvgIpc) is 2.25. The molecule has 0 spiro atoms. The molecule has 8 heteroatoms. The quantitative estimate of drug-likeness (QED) is 0.535. The van der Waals surface area contributed by atoms with E-state index in [2.05, 4.69) is 10.6 Å². The van der Waals surface area contributed by atoms with E-state index in [4.69, 9.17) is 5.14 Å². The molecule has 1 atom stereocenters. The standard InChI is InChI=1S/C9H19N3O3S2/c10-17(14,15)5-1-2-12-9(13)6-8-7-16-4-3-11-8/h8,11H,1-7H2,(H,12,13)(H2,10,14,15). The number of carbonyl (C=O) groups is 1. The highest BCUT2D eigenvalue weighted by atomic mass is 32.2. The van der Waals surface area contributed by atoms with Crippen molar-refractivity contribution >= 4 is 27.7 Å². The van der Waals surface area contributed by atoms with Crippen molar-refractivity contribution in [3.05, 3.63) is 0 Å². The molecule has 1 unspecified atom stereocenters. The van der Waals surface area contributed by atoms with Gasteiger partial charge in [0.05, 0.1) is 5.75 Å². The second-order valence-electron chi connectivity index (χ2n) is 4.00. The first kappa shape index (κ1) is 14.7. The van der Waals surface area contributed by atoms with Crippen LogP contribution in [0.1, 0.15) is 12.8 Å². The van der Waals surface area contributed by atoms with Gasteiger partial charge in [0.1, 0.15) is 0 Å². The first-order valence-electron chi connectivity index (χ1n) is 5.56. The molecule has 0 aromatic heterocycles. The van der Waals surface area contributed by atoms with E-state index in [0.717, 1.165) is 18.1 Å². The number of nitrogens with one attached hydrogen (secondary N) is 2. The zero-order valence-electron chi connectivity index (χ0n) is 9.65. The summed E-state index contributed by atoms with van der Waals surface area (Å²) < 4.78 is 21.3. The van der Waals surface area contributed by atoms with Gasteiger partial charge in [0, 0.05) is 37.1 Å². The molecule has 17 heavy (non-hydrogen) atoms. The third-order valence-electron chi connectivity index (χ3n) is 2.36. The van der Waals surface area contributed by atoms with Crippen LogP contribution in [0.15, 0.2) is 0 Å². The number of hydrogen-bond acceptors (Lipinski definition) is 5. The maximum atomic E-state index is 11.5. The minimum absolute atomic E-state index is 0.0422. The van der Waals surface area contributed by atoms with E-state index in [1.165, 1.54) is 0 Å². The van der Waals surface area contributed by atoms with Gasteiger partial charge >= 0.3 is 0 Å². The summed E-state index contributed by atoms with van der Waals surface area (Å²) in [5.41, 5.74) is 0. The predicted octanol–water partition coefficient (Wildman–Crippen LogP) is -1.12. The molecule has 1 aliphatic heterocycles. The number of sulfonamides is 1. The van der Waals surface area contributed by atoms with Gasteiger partial charge in [-0.15, -0.1) is 0 Å². The monoisotopic (exact) mass is 281 g/mol. The smallest absolute Gasteiger partial charge is 0.221 e. The summed E-state index contributed by atoms with van der Waals surface area (Å²) in [7, 11) is -3.42. The third-order valence-corrected chi connectivity index (χ3v) is 4.35. The Bertz CT molecular complexity index is 339. The Morgan fingerprint density at radius 2 is 2.29 bits per heavy atom. The number of rotatable bonds is 6. The van der Waals surface area contributed by atoms with Gasteiger partial charge in [-0.1, -0.05) is 0 Å². The molecule has 4 N–H and O–H groups in total. The van der Waals surface area contributed by atoms with Crippen LogP contribution >= 0.6 is 11.8 Å². The largest absolute Gasteiger partial charge is 0.356 e. The second-order valence-corrected chi connectivity index (χ2v) is 6.88. The Hall–Kier alpha value is -0.310. The first-order valence-corrected chi connectivity index (χ1v) is 8.43. The fourth-order valence-electron chi connectivity index (χ4n) is 1.55. The van der Waals surface area contributed by atoms with E-state index in [9.17, 15) is 13.2 Å². The number of amides is 1. The maximum absolute atomic E-state index is 11.5. The van der Waals surface area contributed by atoms with Crippen LogP contribution in [0.2, 0.25) is 0 Å². The van der Waals surface area contributed by atoms with Crippen LogP contribution in [0.3, 0.4) is 0 Å². The van der Waals surface area contributed by atoms with E-state index in [1.807, 2.05) is 11.8 Å². The highest BCUT2D eigenvalue weighted by molar-refractivity contribution is 7.99. The second kappa shape index (κ2) is 7.20. The van der Waals surface area contributed by atoms with Crippen LogP contribution in [0.25, 0.3) is 0 Å². The van der Waals surface area contributed by atoms with Gasteiger partial charge in [0.25, 0.3) is 0 Å². The third kappa shape index (κ3) is 7.58. The van der Waals surface area contributed by atoms with Gasteiger partial charge in [-0.25, -0.2) is 13.6 Å². The number of carbonyl (C=O) groups excluding carboxylic acids is 1. The molecular weight excluding hydrogens is 262 g/mol.